The van der Waals surface area contributed by atoms with E-state index in [9.17, 15) is 4.79 Å². The number of nitrogens with zero attached hydrogens (tertiary/aromatic N) is 1. The SMILES string of the molecule is Cl.Cl.Nc1ccccc1C(=O)NCc1nc(C2CC2)cs1. The van der Waals surface area contributed by atoms with Crippen LogP contribution in [-0.4, -0.2) is 10.9 Å². The Morgan fingerprint density at radius 1 is 1.33 bits per heavy atom. The number of hydrogen-bond donors (Lipinski definition) is 2. The molecule has 1 saturated carbocycles. The van der Waals surface area contributed by atoms with Crippen molar-refractivity contribution < 1.29 is 4.79 Å². The maximum absolute atomic E-state index is 12.0. The Morgan fingerprint density at radius 3 is 2.71 bits per heavy atom. The maximum atomic E-state index is 12.0. The Morgan fingerprint density at radius 2 is 2.05 bits per heavy atom. The lowest BCUT2D eigenvalue weighted by Crippen LogP contribution is -2.23. The van der Waals surface area contributed by atoms with Gasteiger partial charge in [0.2, 0.25) is 0 Å². The molecule has 1 aromatic heterocycles. The van der Waals surface area contributed by atoms with Crippen molar-refractivity contribution in [2.24, 2.45) is 0 Å². The third-order valence-electron chi connectivity index (χ3n) is 3.17. The summed E-state index contributed by atoms with van der Waals surface area (Å²) in [4.78, 5) is 16.5. The van der Waals surface area contributed by atoms with E-state index < -0.39 is 0 Å². The van der Waals surface area contributed by atoms with Gasteiger partial charge in [-0.1, -0.05) is 12.1 Å². The average Bonchev–Trinajstić information content (AvgIpc) is 3.16. The van der Waals surface area contributed by atoms with Crippen molar-refractivity contribution in [2.75, 3.05) is 5.73 Å². The Labute approximate surface area is 140 Å². The van der Waals surface area contributed by atoms with E-state index in [4.69, 9.17) is 5.73 Å². The van der Waals surface area contributed by atoms with Gasteiger partial charge < -0.3 is 11.1 Å². The second-order valence-electron chi connectivity index (χ2n) is 4.71. The number of carbonyl (C=O) groups excluding carboxylic acids is 1. The molecule has 1 fully saturated rings. The summed E-state index contributed by atoms with van der Waals surface area (Å²) in [5, 5.41) is 5.90. The fourth-order valence-corrected chi connectivity index (χ4v) is 2.74. The lowest BCUT2D eigenvalue weighted by atomic mass is 10.2. The van der Waals surface area contributed by atoms with Crippen LogP contribution in [0.4, 0.5) is 5.69 Å². The van der Waals surface area contributed by atoms with E-state index in [2.05, 4.69) is 15.7 Å². The van der Waals surface area contributed by atoms with Crippen LogP contribution in [0.25, 0.3) is 0 Å². The molecule has 0 bridgehead atoms. The van der Waals surface area contributed by atoms with E-state index in [1.165, 1.54) is 18.5 Å². The number of rotatable bonds is 4. The zero-order chi connectivity index (χ0) is 13.2. The first kappa shape index (κ1) is 17.8. The van der Waals surface area contributed by atoms with Crippen LogP contribution in [0.2, 0.25) is 0 Å². The standard InChI is InChI=1S/C14H15N3OS.2ClH/c15-11-4-2-1-3-10(11)14(18)16-7-13-17-12(8-19-13)9-5-6-9;;/h1-4,8-9H,5-7,15H2,(H,16,18);2*1H. The highest BCUT2D eigenvalue weighted by molar-refractivity contribution is 7.09. The normalized spacial score (nSPS) is 13.0. The summed E-state index contributed by atoms with van der Waals surface area (Å²) < 4.78 is 0. The van der Waals surface area contributed by atoms with Crippen LogP contribution in [0, 0.1) is 0 Å². The maximum Gasteiger partial charge on any atom is 0.253 e. The summed E-state index contributed by atoms with van der Waals surface area (Å²) in [7, 11) is 0. The van der Waals surface area contributed by atoms with Crippen molar-refractivity contribution in [3.8, 4) is 0 Å². The quantitative estimate of drug-likeness (QED) is 0.834. The predicted molar refractivity (Wildman–Crippen MR) is 90.6 cm³/mol. The fraction of sp³-hybridized carbons (Fsp3) is 0.286. The molecule has 0 radical (unpaired) electrons. The van der Waals surface area contributed by atoms with E-state index in [1.54, 1.807) is 29.5 Å². The molecule has 1 aliphatic carbocycles. The minimum Gasteiger partial charge on any atom is -0.398 e. The predicted octanol–water partition coefficient (Wildman–Crippen LogP) is 3.38. The first-order valence-corrected chi connectivity index (χ1v) is 7.19. The molecule has 3 N–H and O–H groups in total. The van der Waals surface area contributed by atoms with Gasteiger partial charge in [0.25, 0.3) is 5.91 Å². The van der Waals surface area contributed by atoms with Crippen molar-refractivity contribution in [3.63, 3.8) is 0 Å². The van der Waals surface area contributed by atoms with Crippen LogP contribution in [0.5, 0.6) is 0 Å². The van der Waals surface area contributed by atoms with Gasteiger partial charge in [-0.3, -0.25) is 4.79 Å². The largest absolute Gasteiger partial charge is 0.398 e. The number of nitrogens with two attached hydrogens (primary N) is 1. The van der Waals surface area contributed by atoms with Gasteiger partial charge in [0.1, 0.15) is 5.01 Å². The molecule has 0 aliphatic heterocycles. The number of carbonyl (C=O) groups is 1. The summed E-state index contributed by atoms with van der Waals surface area (Å²) >= 11 is 1.60. The second-order valence-corrected chi connectivity index (χ2v) is 5.65. The number of aromatic nitrogens is 1. The van der Waals surface area contributed by atoms with E-state index in [0.29, 0.717) is 23.7 Å². The number of hydrogen-bond acceptors (Lipinski definition) is 4. The molecule has 1 aromatic carbocycles. The van der Waals surface area contributed by atoms with Crippen molar-refractivity contribution in [2.45, 2.75) is 25.3 Å². The highest BCUT2D eigenvalue weighted by atomic mass is 35.5. The highest BCUT2D eigenvalue weighted by Crippen LogP contribution is 2.40. The first-order valence-electron chi connectivity index (χ1n) is 6.31. The minimum atomic E-state index is -0.152. The molecule has 0 unspecified atom stereocenters. The Bertz CT molecular complexity index is 614. The lowest BCUT2D eigenvalue weighted by molar-refractivity contribution is 0.0951. The number of benzene rings is 1. The number of thiazole rings is 1. The zero-order valence-electron chi connectivity index (χ0n) is 11.2. The van der Waals surface area contributed by atoms with E-state index in [1.807, 2.05) is 6.07 Å². The van der Waals surface area contributed by atoms with E-state index in [-0.39, 0.29) is 30.7 Å². The summed E-state index contributed by atoms with van der Waals surface area (Å²) in [5.74, 6) is 0.506. The summed E-state index contributed by atoms with van der Waals surface area (Å²) in [6.45, 7) is 0.463. The minimum absolute atomic E-state index is 0. The molecule has 1 heterocycles. The van der Waals surface area contributed by atoms with E-state index in [0.717, 1.165) is 5.01 Å². The molecule has 4 nitrogen and oxygen atoms in total. The molecular weight excluding hydrogens is 329 g/mol. The van der Waals surface area contributed by atoms with Crippen LogP contribution in [-0.2, 0) is 6.54 Å². The monoisotopic (exact) mass is 345 g/mol. The second kappa shape index (κ2) is 7.64. The molecule has 0 atom stereocenters. The number of anilines is 1. The van der Waals surface area contributed by atoms with Crippen LogP contribution >= 0.6 is 36.2 Å². The van der Waals surface area contributed by atoms with Crippen molar-refractivity contribution >= 4 is 47.7 Å². The molecule has 0 saturated heterocycles. The number of halogens is 2. The van der Waals surface area contributed by atoms with Crippen molar-refractivity contribution in [3.05, 3.63) is 45.9 Å². The van der Waals surface area contributed by atoms with Gasteiger partial charge in [-0.05, 0) is 25.0 Å². The van der Waals surface area contributed by atoms with Gasteiger partial charge in [-0.15, -0.1) is 36.2 Å². The number of nitrogen functional groups attached to an aromatic ring is 1. The third kappa shape index (κ3) is 4.33. The van der Waals surface area contributed by atoms with Crippen LogP contribution in [0.3, 0.4) is 0 Å². The third-order valence-corrected chi connectivity index (χ3v) is 4.04. The van der Waals surface area contributed by atoms with Gasteiger partial charge in [-0.2, -0.15) is 0 Å². The van der Waals surface area contributed by atoms with Crippen molar-refractivity contribution in [1.82, 2.24) is 10.3 Å². The average molecular weight is 346 g/mol. The van der Waals surface area contributed by atoms with Gasteiger partial charge in [0, 0.05) is 17.0 Å². The summed E-state index contributed by atoms with van der Waals surface area (Å²) in [6, 6.07) is 7.07. The fourth-order valence-electron chi connectivity index (χ4n) is 1.93. The Hall–Kier alpha value is -1.30. The van der Waals surface area contributed by atoms with Gasteiger partial charge in [0.15, 0.2) is 0 Å². The smallest absolute Gasteiger partial charge is 0.253 e. The van der Waals surface area contributed by atoms with Crippen molar-refractivity contribution in [1.29, 1.82) is 0 Å². The van der Waals surface area contributed by atoms with Crippen LogP contribution in [0.1, 0.15) is 39.8 Å². The van der Waals surface area contributed by atoms with Crippen LogP contribution in [0.15, 0.2) is 29.6 Å². The molecule has 3 rings (SSSR count). The van der Waals surface area contributed by atoms with Gasteiger partial charge >= 0.3 is 0 Å². The van der Waals surface area contributed by atoms with Crippen LogP contribution < -0.4 is 11.1 Å². The lowest BCUT2D eigenvalue weighted by Gasteiger charge is -2.05. The Kier molecular flexibility index (Phi) is 6.45. The number of nitrogens with one attached hydrogen (secondary N) is 1. The molecular formula is C14H17Cl2N3OS. The molecule has 2 aromatic rings. The molecule has 1 aliphatic rings. The number of para-hydroxylation sites is 1. The highest BCUT2D eigenvalue weighted by Gasteiger charge is 2.25. The van der Waals surface area contributed by atoms with E-state index >= 15 is 0 Å². The number of amides is 1. The molecule has 0 spiro atoms. The summed E-state index contributed by atoms with van der Waals surface area (Å²) in [6.07, 6.45) is 2.49. The topological polar surface area (TPSA) is 68.0 Å². The summed E-state index contributed by atoms with van der Waals surface area (Å²) in [5.41, 5.74) is 7.96. The molecule has 1 amide bonds. The first-order chi connectivity index (χ1) is 9.24. The Balaban J connectivity index is 0.00000110. The molecule has 7 heteroatoms. The van der Waals surface area contributed by atoms with Gasteiger partial charge in [0.05, 0.1) is 17.8 Å². The molecule has 114 valence electrons. The zero-order valence-corrected chi connectivity index (χ0v) is 13.7. The molecule has 21 heavy (non-hydrogen) atoms. The van der Waals surface area contributed by atoms with Gasteiger partial charge in [-0.25, -0.2) is 4.98 Å².